The first-order valence-corrected chi connectivity index (χ1v) is 6.94. The minimum absolute atomic E-state index is 0.150. The number of hydrogen-bond acceptors (Lipinski definition) is 4. The van der Waals surface area contributed by atoms with E-state index in [4.69, 9.17) is 10.3 Å². The molecule has 2 N–H and O–H groups in total. The van der Waals surface area contributed by atoms with E-state index >= 15 is 0 Å². The Kier molecular flexibility index (Phi) is 3.14. The lowest BCUT2D eigenvalue weighted by atomic mass is 9.69. The molecule has 0 saturated heterocycles. The molecule has 0 atom stereocenters. The number of nitrogens with zero attached hydrogens (tertiary/aromatic N) is 2. The van der Waals surface area contributed by atoms with Crippen LogP contribution in [0.4, 0.5) is 4.39 Å². The van der Waals surface area contributed by atoms with Gasteiger partial charge in [0, 0.05) is 12.1 Å². The Balaban J connectivity index is 1.94. The predicted octanol–water partition coefficient (Wildman–Crippen LogP) is 3.02. The van der Waals surface area contributed by atoms with E-state index in [1.54, 1.807) is 12.1 Å². The molecule has 2 aromatic rings. The third-order valence-corrected chi connectivity index (χ3v) is 4.37. The molecule has 0 amide bonds. The van der Waals surface area contributed by atoms with Gasteiger partial charge in [0.2, 0.25) is 11.7 Å². The van der Waals surface area contributed by atoms with Gasteiger partial charge in [-0.3, -0.25) is 0 Å². The van der Waals surface area contributed by atoms with Crippen molar-refractivity contribution in [2.24, 2.45) is 5.73 Å². The number of benzene rings is 1. The van der Waals surface area contributed by atoms with Crippen molar-refractivity contribution in [3.05, 3.63) is 34.4 Å². The molecule has 1 heterocycles. The van der Waals surface area contributed by atoms with Crippen LogP contribution in [0.2, 0.25) is 0 Å². The zero-order valence-corrected chi connectivity index (χ0v) is 11.8. The molecule has 4 nitrogen and oxygen atoms in total. The van der Waals surface area contributed by atoms with Crippen molar-refractivity contribution in [1.82, 2.24) is 10.1 Å². The molecule has 0 spiro atoms. The Morgan fingerprint density at radius 3 is 2.79 bits per heavy atom. The largest absolute Gasteiger partial charge is 0.338 e. The molecule has 1 aliphatic carbocycles. The van der Waals surface area contributed by atoms with Gasteiger partial charge in [-0.15, -0.1) is 0 Å². The van der Waals surface area contributed by atoms with E-state index in [0.29, 0.717) is 22.7 Å². The van der Waals surface area contributed by atoms with E-state index in [2.05, 4.69) is 26.1 Å². The quantitative estimate of drug-likeness (QED) is 0.942. The summed E-state index contributed by atoms with van der Waals surface area (Å²) in [5, 5.41) is 3.97. The average molecular weight is 326 g/mol. The lowest BCUT2D eigenvalue weighted by Crippen LogP contribution is -2.41. The smallest absolute Gasteiger partial charge is 0.234 e. The van der Waals surface area contributed by atoms with Gasteiger partial charge in [0.15, 0.2) is 0 Å². The predicted molar refractivity (Wildman–Crippen MR) is 72.0 cm³/mol. The molecule has 1 aliphatic rings. The SMILES string of the molecule is NCC1(c2nc(-c3ccc(F)c(Br)c3)no2)CCC1. The van der Waals surface area contributed by atoms with Crippen molar-refractivity contribution in [2.75, 3.05) is 6.54 Å². The number of nitrogens with two attached hydrogens (primary N) is 1. The molecule has 1 saturated carbocycles. The summed E-state index contributed by atoms with van der Waals surface area (Å²) in [6.07, 6.45) is 3.10. The van der Waals surface area contributed by atoms with E-state index in [-0.39, 0.29) is 11.2 Å². The molecule has 1 aromatic carbocycles. The summed E-state index contributed by atoms with van der Waals surface area (Å²) >= 11 is 3.15. The first kappa shape index (κ1) is 12.7. The molecule has 0 radical (unpaired) electrons. The molecule has 100 valence electrons. The Morgan fingerprint density at radius 1 is 1.42 bits per heavy atom. The van der Waals surface area contributed by atoms with Crippen LogP contribution in [0.15, 0.2) is 27.2 Å². The van der Waals surface area contributed by atoms with Gasteiger partial charge in [-0.1, -0.05) is 11.6 Å². The van der Waals surface area contributed by atoms with Crippen molar-refractivity contribution in [2.45, 2.75) is 24.7 Å². The van der Waals surface area contributed by atoms with Gasteiger partial charge >= 0.3 is 0 Å². The van der Waals surface area contributed by atoms with Gasteiger partial charge in [0.05, 0.1) is 9.89 Å². The minimum Gasteiger partial charge on any atom is -0.338 e. The second kappa shape index (κ2) is 4.68. The highest BCUT2D eigenvalue weighted by molar-refractivity contribution is 9.10. The summed E-state index contributed by atoms with van der Waals surface area (Å²) in [5.74, 6) is 0.747. The van der Waals surface area contributed by atoms with Crippen LogP contribution < -0.4 is 5.73 Å². The average Bonchev–Trinajstić information content (AvgIpc) is 2.82. The molecule has 1 aromatic heterocycles. The van der Waals surface area contributed by atoms with Gasteiger partial charge in [-0.2, -0.15) is 4.98 Å². The van der Waals surface area contributed by atoms with Crippen LogP contribution >= 0.6 is 15.9 Å². The highest BCUT2D eigenvalue weighted by Gasteiger charge is 2.42. The van der Waals surface area contributed by atoms with Crippen LogP contribution in [0.1, 0.15) is 25.2 Å². The van der Waals surface area contributed by atoms with E-state index in [0.717, 1.165) is 24.8 Å². The van der Waals surface area contributed by atoms with Gasteiger partial charge in [-0.25, -0.2) is 4.39 Å². The molecular weight excluding hydrogens is 313 g/mol. The summed E-state index contributed by atoms with van der Waals surface area (Å²) < 4.78 is 18.9. The summed E-state index contributed by atoms with van der Waals surface area (Å²) in [7, 11) is 0. The second-order valence-electron chi connectivity index (χ2n) is 4.89. The van der Waals surface area contributed by atoms with Gasteiger partial charge in [-0.05, 0) is 47.0 Å². The summed E-state index contributed by atoms with van der Waals surface area (Å²) in [4.78, 5) is 4.42. The monoisotopic (exact) mass is 325 g/mol. The van der Waals surface area contributed by atoms with Gasteiger partial charge < -0.3 is 10.3 Å². The van der Waals surface area contributed by atoms with Crippen molar-refractivity contribution in [1.29, 1.82) is 0 Å². The third kappa shape index (κ3) is 2.08. The maximum Gasteiger partial charge on any atom is 0.234 e. The van der Waals surface area contributed by atoms with Crippen molar-refractivity contribution in [3.8, 4) is 11.4 Å². The first-order chi connectivity index (χ1) is 9.14. The zero-order chi connectivity index (χ0) is 13.5. The molecule has 0 unspecified atom stereocenters. The van der Waals surface area contributed by atoms with Gasteiger partial charge in [0.1, 0.15) is 5.82 Å². The molecule has 0 bridgehead atoms. The maximum absolute atomic E-state index is 13.2. The van der Waals surface area contributed by atoms with Gasteiger partial charge in [0.25, 0.3) is 0 Å². The highest BCUT2D eigenvalue weighted by atomic mass is 79.9. The van der Waals surface area contributed by atoms with E-state index in [1.165, 1.54) is 6.07 Å². The maximum atomic E-state index is 13.2. The second-order valence-corrected chi connectivity index (χ2v) is 5.74. The van der Waals surface area contributed by atoms with Crippen molar-refractivity contribution < 1.29 is 8.91 Å². The number of aromatic nitrogens is 2. The lowest BCUT2D eigenvalue weighted by Gasteiger charge is -2.36. The molecule has 3 rings (SSSR count). The van der Waals surface area contributed by atoms with Crippen molar-refractivity contribution >= 4 is 15.9 Å². The van der Waals surface area contributed by atoms with Crippen LogP contribution in [0, 0.1) is 5.82 Å². The fourth-order valence-electron chi connectivity index (χ4n) is 2.30. The Morgan fingerprint density at radius 2 is 2.21 bits per heavy atom. The standard InChI is InChI=1S/C13H13BrFN3O/c14-9-6-8(2-3-10(9)15)11-17-12(19-18-11)13(7-16)4-1-5-13/h2-3,6H,1,4-5,7,16H2. The molecular formula is C13H13BrFN3O. The number of hydrogen-bond donors (Lipinski definition) is 1. The molecule has 0 aliphatic heterocycles. The summed E-state index contributed by atoms with van der Waals surface area (Å²) in [5.41, 5.74) is 6.37. The number of rotatable bonds is 3. The van der Waals surface area contributed by atoms with Crippen LogP contribution in [0.25, 0.3) is 11.4 Å². The first-order valence-electron chi connectivity index (χ1n) is 6.14. The Hall–Kier alpha value is -1.27. The molecule has 1 fully saturated rings. The fourth-order valence-corrected chi connectivity index (χ4v) is 2.68. The van der Waals surface area contributed by atoms with Crippen LogP contribution in [-0.2, 0) is 5.41 Å². The minimum atomic E-state index is -0.315. The molecule has 19 heavy (non-hydrogen) atoms. The highest BCUT2D eigenvalue weighted by Crippen LogP contribution is 2.42. The Bertz CT molecular complexity index is 604. The number of halogens is 2. The van der Waals surface area contributed by atoms with Crippen molar-refractivity contribution in [3.63, 3.8) is 0 Å². The fraction of sp³-hybridized carbons (Fsp3) is 0.385. The van der Waals surface area contributed by atoms with E-state index in [9.17, 15) is 4.39 Å². The van der Waals surface area contributed by atoms with E-state index in [1.807, 2.05) is 0 Å². The summed E-state index contributed by atoms with van der Waals surface area (Å²) in [6, 6.07) is 4.64. The topological polar surface area (TPSA) is 64.9 Å². The lowest BCUT2D eigenvalue weighted by molar-refractivity contribution is 0.182. The van der Waals surface area contributed by atoms with Crippen LogP contribution in [0.5, 0.6) is 0 Å². The molecule has 6 heteroatoms. The van der Waals surface area contributed by atoms with Crippen LogP contribution in [-0.4, -0.2) is 16.7 Å². The zero-order valence-electron chi connectivity index (χ0n) is 10.2. The normalized spacial score (nSPS) is 17.2. The van der Waals surface area contributed by atoms with Crippen LogP contribution in [0.3, 0.4) is 0 Å². The third-order valence-electron chi connectivity index (χ3n) is 3.76. The van der Waals surface area contributed by atoms with E-state index < -0.39 is 0 Å². The summed E-state index contributed by atoms with van der Waals surface area (Å²) in [6.45, 7) is 0.516. The Labute approximate surface area is 118 Å².